The molecular formula is C22H26N4O4. The quantitative estimate of drug-likeness (QED) is 0.535. The average Bonchev–Trinajstić information content (AvgIpc) is 3.26. The number of anilines is 3. The molecule has 3 amide bonds. The van der Waals surface area contributed by atoms with E-state index in [1.54, 1.807) is 48.5 Å². The Bertz CT molecular complexity index is 875. The number of amides is 3. The molecule has 1 aliphatic rings. The molecule has 0 saturated carbocycles. The Morgan fingerprint density at radius 2 is 1.57 bits per heavy atom. The molecule has 1 unspecified atom stereocenters. The number of carbonyl (C=O) groups excluding carboxylic acids is 3. The van der Waals surface area contributed by atoms with Crippen molar-refractivity contribution in [3.8, 4) is 0 Å². The first kappa shape index (κ1) is 21.3. The zero-order valence-electron chi connectivity index (χ0n) is 16.9. The van der Waals surface area contributed by atoms with Gasteiger partial charge in [0, 0.05) is 42.7 Å². The van der Waals surface area contributed by atoms with Crippen LogP contribution in [0.3, 0.4) is 0 Å². The first-order valence-corrected chi connectivity index (χ1v) is 9.91. The van der Waals surface area contributed by atoms with Crippen molar-refractivity contribution in [1.29, 1.82) is 0 Å². The molecule has 8 nitrogen and oxygen atoms in total. The Morgan fingerprint density at radius 1 is 0.933 bits per heavy atom. The van der Waals surface area contributed by atoms with Gasteiger partial charge in [0.25, 0.3) is 5.91 Å². The number of ether oxygens (including phenoxy) is 1. The smallest absolute Gasteiger partial charge is 0.251 e. The second-order valence-corrected chi connectivity index (χ2v) is 7.08. The monoisotopic (exact) mass is 410 g/mol. The van der Waals surface area contributed by atoms with Crippen LogP contribution in [0.1, 0.15) is 30.1 Å². The number of hydrogen-bond acceptors (Lipinski definition) is 5. The largest absolute Gasteiger partial charge is 0.376 e. The molecule has 2 aromatic carbocycles. The third-order valence-electron chi connectivity index (χ3n) is 4.60. The minimum absolute atomic E-state index is 0.0814. The maximum atomic E-state index is 12.2. The average molecular weight is 410 g/mol. The van der Waals surface area contributed by atoms with Crippen LogP contribution in [0.4, 0.5) is 17.1 Å². The van der Waals surface area contributed by atoms with Gasteiger partial charge < -0.3 is 26.0 Å². The van der Waals surface area contributed by atoms with E-state index in [2.05, 4.69) is 21.3 Å². The van der Waals surface area contributed by atoms with E-state index in [0.29, 0.717) is 23.5 Å². The minimum atomic E-state index is -0.208. The van der Waals surface area contributed by atoms with E-state index in [1.807, 2.05) is 0 Å². The Morgan fingerprint density at radius 3 is 2.17 bits per heavy atom. The van der Waals surface area contributed by atoms with Crippen LogP contribution in [0.5, 0.6) is 0 Å². The molecule has 0 spiro atoms. The molecule has 0 aliphatic carbocycles. The second-order valence-electron chi connectivity index (χ2n) is 7.08. The van der Waals surface area contributed by atoms with E-state index in [9.17, 15) is 14.4 Å². The number of rotatable bonds is 8. The summed E-state index contributed by atoms with van der Waals surface area (Å²) in [5.41, 5.74) is 2.59. The molecule has 3 rings (SSSR count). The summed E-state index contributed by atoms with van der Waals surface area (Å²) < 4.78 is 5.50. The molecule has 30 heavy (non-hydrogen) atoms. The molecule has 1 heterocycles. The van der Waals surface area contributed by atoms with Crippen LogP contribution in [0.15, 0.2) is 48.5 Å². The van der Waals surface area contributed by atoms with Gasteiger partial charge in [0.2, 0.25) is 11.8 Å². The molecule has 0 radical (unpaired) electrons. The Kier molecular flexibility index (Phi) is 7.40. The molecule has 1 fully saturated rings. The van der Waals surface area contributed by atoms with E-state index in [-0.39, 0.29) is 30.4 Å². The van der Waals surface area contributed by atoms with Crippen LogP contribution >= 0.6 is 0 Å². The van der Waals surface area contributed by atoms with Gasteiger partial charge in [0.1, 0.15) is 0 Å². The van der Waals surface area contributed by atoms with E-state index >= 15 is 0 Å². The highest BCUT2D eigenvalue weighted by Crippen LogP contribution is 2.14. The van der Waals surface area contributed by atoms with Gasteiger partial charge in [0.15, 0.2) is 0 Å². The third-order valence-corrected chi connectivity index (χ3v) is 4.60. The lowest BCUT2D eigenvalue weighted by Crippen LogP contribution is -2.31. The van der Waals surface area contributed by atoms with Crippen LogP contribution in [-0.4, -0.2) is 43.5 Å². The zero-order valence-corrected chi connectivity index (χ0v) is 16.9. The zero-order chi connectivity index (χ0) is 21.3. The van der Waals surface area contributed by atoms with E-state index in [1.165, 1.54) is 6.92 Å². The van der Waals surface area contributed by atoms with Crippen LogP contribution in [0, 0.1) is 0 Å². The van der Waals surface area contributed by atoms with Gasteiger partial charge in [-0.3, -0.25) is 14.4 Å². The number of benzene rings is 2. The van der Waals surface area contributed by atoms with Gasteiger partial charge in [-0.25, -0.2) is 0 Å². The van der Waals surface area contributed by atoms with Crippen molar-refractivity contribution in [3.05, 3.63) is 54.1 Å². The first-order valence-electron chi connectivity index (χ1n) is 9.91. The van der Waals surface area contributed by atoms with Gasteiger partial charge >= 0.3 is 0 Å². The fraction of sp³-hybridized carbons (Fsp3) is 0.318. The van der Waals surface area contributed by atoms with Crippen LogP contribution in [0.2, 0.25) is 0 Å². The number of nitrogens with one attached hydrogen (secondary N) is 4. The fourth-order valence-corrected chi connectivity index (χ4v) is 3.08. The summed E-state index contributed by atoms with van der Waals surface area (Å²) in [4.78, 5) is 35.3. The standard InChI is InChI=1S/C22H26N4O4/c1-15(27)25-18-8-10-19(11-9-18)26-21(28)14-23-17-6-4-16(5-7-17)22(29)24-13-20-3-2-12-30-20/h4-11,20,23H,2-3,12-14H2,1H3,(H,24,29)(H,25,27)(H,26,28). The topological polar surface area (TPSA) is 109 Å². The van der Waals surface area contributed by atoms with Crippen molar-refractivity contribution in [3.63, 3.8) is 0 Å². The predicted molar refractivity (Wildman–Crippen MR) is 116 cm³/mol. The minimum Gasteiger partial charge on any atom is -0.376 e. The summed E-state index contributed by atoms with van der Waals surface area (Å²) in [6.07, 6.45) is 2.12. The predicted octanol–water partition coefficient (Wildman–Crippen LogP) is 2.60. The molecule has 1 aliphatic heterocycles. The van der Waals surface area contributed by atoms with Crippen molar-refractivity contribution < 1.29 is 19.1 Å². The van der Waals surface area contributed by atoms with Crippen molar-refractivity contribution in [2.75, 3.05) is 35.6 Å². The Balaban J connectivity index is 1.42. The molecule has 2 aromatic rings. The summed E-state index contributed by atoms with van der Waals surface area (Å²) in [6, 6.07) is 13.8. The molecule has 0 bridgehead atoms. The summed E-state index contributed by atoms with van der Waals surface area (Å²) in [5.74, 6) is -0.500. The summed E-state index contributed by atoms with van der Waals surface area (Å²) >= 11 is 0. The lowest BCUT2D eigenvalue weighted by atomic mass is 10.2. The van der Waals surface area contributed by atoms with Gasteiger partial charge in [-0.2, -0.15) is 0 Å². The number of carbonyl (C=O) groups is 3. The molecule has 0 aromatic heterocycles. The maximum absolute atomic E-state index is 12.2. The summed E-state index contributed by atoms with van der Waals surface area (Å²) in [7, 11) is 0. The van der Waals surface area contributed by atoms with Crippen molar-refractivity contribution in [2.24, 2.45) is 0 Å². The molecule has 1 saturated heterocycles. The molecule has 4 N–H and O–H groups in total. The summed E-state index contributed by atoms with van der Waals surface area (Å²) in [5, 5.41) is 11.3. The van der Waals surface area contributed by atoms with Gasteiger partial charge in [-0.15, -0.1) is 0 Å². The van der Waals surface area contributed by atoms with Crippen molar-refractivity contribution >= 4 is 34.8 Å². The molecule has 8 heteroatoms. The second kappa shape index (κ2) is 10.4. The lowest BCUT2D eigenvalue weighted by molar-refractivity contribution is -0.115. The fourth-order valence-electron chi connectivity index (χ4n) is 3.08. The van der Waals surface area contributed by atoms with E-state index < -0.39 is 0 Å². The highest BCUT2D eigenvalue weighted by Gasteiger charge is 2.16. The number of hydrogen-bond donors (Lipinski definition) is 4. The molecule has 1 atom stereocenters. The van der Waals surface area contributed by atoms with Crippen molar-refractivity contribution in [1.82, 2.24) is 5.32 Å². The van der Waals surface area contributed by atoms with Crippen molar-refractivity contribution in [2.45, 2.75) is 25.9 Å². The maximum Gasteiger partial charge on any atom is 0.251 e. The lowest BCUT2D eigenvalue weighted by Gasteiger charge is -2.11. The van der Waals surface area contributed by atoms with Gasteiger partial charge in [-0.05, 0) is 61.4 Å². The van der Waals surface area contributed by atoms with E-state index in [4.69, 9.17) is 4.74 Å². The SMILES string of the molecule is CC(=O)Nc1ccc(NC(=O)CNc2ccc(C(=O)NCC3CCCO3)cc2)cc1. The Hall–Kier alpha value is -3.39. The first-order chi connectivity index (χ1) is 14.5. The highest BCUT2D eigenvalue weighted by molar-refractivity contribution is 5.95. The highest BCUT2D eigenvalue weighted by atomic mass is 16.5. The normalized spacial score (nSPS) is 15.3. The third kappa shape index (κ3) is 6.59. The van der Waals surface area contributed by atoms with Crippen LogP contribution in [-0.2, 0) is 14.3 Å². The molecular weight excluding hydrogens is 384 g/mol. The van der Waals surface area contributed by atoms with Gasteiger partial charge in [-0.1, -0.05) is 0 Å². The van der Waals surface area contributed by atoms with E-state index in [0.717, 1.165) is 25.1 Å². The Labute approximate surface area is 175 Å². The molecule has 158 valence electrons. The van der Waals surface area contributed by atoms with Crippen LogP contribution < -0.4 is 21.3 Å². The van der Waals surface area contributed by atoms with Gasteiger partial charge in [0.05, 0.1) is 12.6 Å². The summed E-state index contributed by atoms with van der Waals surface area (Å²) in [6.45, 7) is 2.80. The van der Waals surface area contributed by atoms with Crippen LogP contribution in [0.25, 0.3) is 0 Å².